The maximum Gasteiger partial charge on any atom is 0.214 e. The van der Waals surface area contributed by atoms with Gasteiger partial charge in [0.1, 0.15) is 5.65 Å². The molecule has 3 heterocycles. The smallest absolute Gasteiger partial charge is 0.214 e. The van der Waals surface area contributed by atoms with Crippen molar-refractivity contribution in [2.24, 2.45) is 0 Å². The number of halogens is 1. The van der Waals surface area contributed by atoms with Crippen molar-refractivity contribution in [2.45, 2.75) is 50.7 Å². The number of aromatic nitrogens is 2. The molecule has 8 heteroatoms. The van der Waals surface area contributed by atoms with E-state index in [9.17, 15) is 8.42 Å². The average molecular weight is 383 g/mol. The minimum atomic E-state index is -3.00. The molecule has 136 valence electrons. The van der Waals surface area contributed by atoms with Crippen LogP contribution in [0.1, 0.15) is 37.8 Å². The van der Waals surface area contributed by atoms with Gasteiger partial charge in [0.25, 0.3) is 0 Å². The second-order valence-electron chi connectivity index (χ2n) is 6.94. The number of hydrogen-bond donors (Lipinski definition) is 1. The highest BCUT2D eigenvalue weighted by molar-refractivity contribution is 7.89. The van der Waals surface area contributed by atoms with Crippen LogP contribution in [0.15, 0.2) is 24.4 Å². The van der Waals surface area contributed by atoms with Crippen molar-refractivity contribution >= 4 is 27.3 Å². The van der Waals surface area contributed by atoms with Crippen LogP contribution in [0.25, 0.3) is 5.65 Å². The van der Waals surface area contributed by atoms with Gasteiger partial charge in [-0.2, -0.15) is 4.31 Å². The molecule has 0 radical (unpaired) electrons. The highest BCUT2D eigenvalue weighted by atomic mass is 35.5. The Bertz CT molecular complexity index is 859. The lowest BCUT2D eigenvalue weighted by atomic mass is 9.91. The van der Waals surface area contributed by atoms with Gasteiger partial charge in [0.2, 0.25) is 10.0 Å². The molecule has 2 aromatic heterocycles. The molecule has 0 unspecified atom stereocenters. The molecule has 0 aromatic carbocycles. The van der Waals surface area contributed by atoms with E-state index in [1.54, 1.807) is 4.31 Å². The molecule has 1 N–H and O–H groups in total. The summed E-state index contributed by atoms with van der Waals surface area (Å²) in [5, 5.41) is 4.11. The minimum absolute atomic E-state index is 0.185. The van der Waals surface area contributed by atoms with Gasteiger partial charge in [-0.25, -0.2) is 13.4 Å². The third-order valence-electron chi connectivity index (χ3n) is 5.38. The monoisotopic (exact) mass is 382 g/mol. The summed E-state index contributed by atoms with van der Waals surface area (Å²) in [4.78, 5) is 4.37. The number of fused-ring (bicyclic) bond motifs is 1. The first-order valence-electron chi connectivity index (χ1n) is 8.89. The van der Waals surface area contributed by atoms with Crippen LogP contribution in [0.4, 0.5) is 0 Å². The van der Waals surface area contributed by atoms with E-state index < -0.39 is 10.0 Å². The molecule has 1 aliphatic heterocycles. The van der Waals surface area contributed by atoms with Crippen molar-refractivity contribution in [3.63, 3.8) is 0 Å². The molecule has 1 saturated carbocycles. The molecule has 0 bridgehead atoms. The molecular weight excluding hydrogens is 360 g/mol. The zero-order chi connectivity index (χ0) is 17.4. The van der Waals surface area contributed by atoms with E-state index in [0.717, 1.165) is 43.4 Å². The van der Waals surface area contributed by atoms with E-state index in [1.165, 1.54) is 0 Å². The Morgan fingerprint density at radius 1 is 1.24 bits per heavy atom. The molecule has 25 heavy (non-hydrogen) atoms. The van der Waals surface area contributed by atoms with Crippen LogP contribution in [0.5, 0.6) is 0 Å². The van der Waals surface area contributed by atoms with Crippen molar-refractivity contribution in [1.82, 2.24) is 19.0 Å². The van der Waals surface area contributed by atoms with Gasteiger partial charge in [0, 0.05) is 31.4 Å². The third-order valence-corrected chi connectivity index (χ3v) is 7.68. The number of pyridine rings is 1. The van der Waals surface area contributed by atoms with E-state index in [-0.39, 0.29) is 6.04 Å². The SMILES string of the molecule is O=S1(=O)CCCN1C1CCC(NCc2c(Cl)nc3ccccn23)CC1. The topological polar surface area (TPSA) is 66.7 Å². The minimum Gasteiger partial charge on any atom is -0.308 e. The largest absolute Gasteiger partial charge is 0.308 e. The summed E-state index contributed by atoms with van der Waals surface area (Å²) in [5.41, 5.74) is 1.83. The summed E-state index contributed by atoms with van der Waals surface area (Å²) in [6.07, 6.45) is 6.58. The van der Waals surface area contributed by atoms with Gasteiger partial charge in [0.15, 0.2) is 5.15 Å². The summed E-state index contributed by atoms with van der Waals surface area (Å²) in [6, 6.07) is 6.44. The van der Waals surface area contributed by atoms with E-state index in [4.69, 9.17) is 11.6 Å². The second-order valence-corrected chi connectivity index (χ2v) is 9.34. The van der Waals surface area contributed by atoms with Crippen LogP contribution in [0.3, 0.4) is 0 Å². The van der Waals surface area contributed by atoms with Crippen molar-refractivity contribution in [3.8, 4) is 0 Å². The van der Waals surface area contributed by atoms with Gasteiger partial charge in [-0.05, 0) is 44.2 Å². The third kappa shape index (κ3) is 3.43. The fourth-order valence-corrected chi connectivity index (χ4v) is 6.10. The van der Waals surface area contributed by atoms with Crippen LogP contribution >= 0.6 is 11.6 Å². The first-order chi connectivity index (χ1) is 12.0. The zero-order valence-electron chi connectivity index (χ0n) is 14.1. The molecule has 6 nitrogen and oxygen atoms in total. The average Bonchev–Trinajstić information content (AvgIpc) is 3.12. The van der Waals surface area contributed by atoms with Crippen molar-refractivity contribution in [1.29, 1.82) is 0 Å². The standard InChI is InChI=1S/C17H23ClN4O2S/c18-17-15(21-9-2-1-4-16(21)20-17)12-19-13-5-7-14(8-6-13)22-10-3-11-25(22,23)24/h1-2,4,9,13-14,19H,3,5-8,10-12H2. The van der Waals surface area contributed by atoms with E-state index in [0.29, 0.717) is 30.0 Å². The summed E-state index contributed by atoms with van der Waals surface area (Å²) in [6.45, 7) is 1.36. The highest BCUT2D eigenvalue weighted by Gasteiger charge is 2.36. The summed E-state index contributed by atoms with van der Waals surface area (Å²) in [5.74, 6) is 0.317. The van der Waals surface area contributed by atoms with Gasteiger partial charge >= 0.3 is 0 Å². The first-order valence-corrected chi connectivity index (χ1v) is 10.9. The molecule has 0 spiro atoms. The van der Waals surface area contributed by atoms with Crippen LogP contribution in [-0.4, -0.2) is 46.5 Å². The number of nitrogens with one attached hydrogen (secondary N) is 1. The fourth-order valence-electron chi connectivity index (χ4n) is 4.05. The van der Waals surface area contributed by atoms with Crippen molar-refractivity contribution < 1.29 is 8.42 Å². The maximum absolute atomic E-state index is 12.1. The predicted octanol–water partition coefficient (Wildman–Crippen LogP) is 2.42. The number of imidazole rings is 1. The molecule has 0 atom stereocenters. The molecule has 4 rings (SSSR count). The number of rotatable bonds is 4. The second kappa shape index (κ2) is 6.87. The van der Waals surface area contributed by atoms with E-state index in [2.05, 4.69) is 10.3 Å². The van der Waals surface area contributed by atoms with Crippen molar-refractivity contribution in [3.05, 3.63) is 35.2 Å². The highest BCUT2D eigenvalue weighted by Crippen LogP contribution is 2.29. The molecule has 1 saturated heterocycles. The molecule has 2 aliphatic rings. The Kier molecular flexibility index (Phi) is 4.75. The van der Waals surface area contributed by atoms with Gasteiger partial charge in [-0.15, -0.1) is 0 Å². The Balaban J connectivity index is 1.35. The van der Waals surface area contributed by atoms with Crippen molar-refractivity contribution in [2.75, 3.05) is 12.3 Å². The summed E-state index contributed by atoms with van der Waals surface area (Å²) in [7, 11) is -3.00. The lowest BCUT2D eigenvalue weighted by molar-refractivity contribution is 0.235. The molecular formula is C17H23ClN4O2S. The van der Waals surface area contributed by atoms with Gasteiger partial charge in [-0.1, -0.05) is 17.7 Å². The number of nitrogens with zero attached hydrogens (tertiary/aromatic N) is 3. The maximum atomic E-state index is 12.1. The summed E-state index contributed by atoms with van der Waals surface area (Å²) < 4.78 is 27.9. The Labute approximate surface area is 153 Å². The predicted molar refractivity (Wildman–Crippen MR) is 98.2 cm³/mol. The van der Waals surface area contributed by atoms with E-state index >= 15 is 0 Å². The quantitative estimate of drug-likeness (QED) is 0.881. The normalized spacial score (nSPS) is 27.1. The molecule has 2 aromatic rings. The fraction of sp³-hybridized carbons (Fsp3) is 0.588. The lowest BCUT2D eigenvalue weighted by Gasteiger charge is -2.34. The van der Waals surface area contributed by atoms with Gasteiger partial charge < -0.3 is 9.72 Å². The van der Waals surface area contributed by atoms with Crippen LogP contribution in [0, 0.1) is 0 Å². The van der Waals surface area contributed by atoms with Gasteiger partial charge in [-0.3, -0.25) is 0 Å². The Morgan fingerprint density at radius 2 is 2.04 bits per heavy atom. The Morgan fingerprint density at radius 3 is 2.76 bits per heavy atom. The van der Waals surface area contributed by atoms with E-state index in [1.807, 2.05) is 28.8 Å². The number of hydrogen-bond acceptors (Lipinski definition) is 4. The first kappa shape index (κ1) is 17.3. The van der Waals surface area contributed by atoms with Crippen LogP contribution < -0.4 is 5.32 Å². The Hall–Kier alpha value is -1.15. The zero-order valence-corrected chi connectivity index (χ0v) is 15.6. The summed E-state index contributed by atoms with van der Waals surface area (Å²) >= 11 is 6.28. The number of sulfonamides is 1. The van der Waals surface area contributed by atoms with Crippen LogP contribution in [-0.2, 0) is 16.6 Å². The van der Waals surface area contributed by atoms with Gasteiger partial charge in [0.05, 0.1) is 11.4 Å². The van der Waals surface area contributed by atoms with Crippen LogP contribution in [0.2, 0.25) is 5.15 Å². The molecule has 1 aliphatic carbocycles. The lowest BCUT2D eigenvalue weighted by Crippen LogP contribution is -2.43. The molecule has 2 fully saturated rings. The molecule has 0 amide bonds.